The number of carbonyl (C=O) groups is 2. The van der Waals surface area contributed by atoms with E-state index in [1.807, 2.05) is 6.08 Å². The molecule has 5 heteroatoms. The Labute approximate surface area is 175 Å². The molecule has 1 aromatic rings. The summed E-state index contributed by atoms with van der Waals surface area (Å²) < 4.78 is 0. The predicted molar refractivity (Wildman–Crippen MR) is 117 cm³/mol. The second kappa shape index (κ2) is 15.6. The van der Waals surface area contributed by atoms with Gasteiger partial charge in [-0.25, -0.2) is 4.79 Å². The molecule has 0 aromatic heterocycles. The van der Waals surface area contributed by atoms with Crippen molar-refractivity contribution in [2.24, 2.45) is 0 Å². The van der Waals surface area contributed by atoms with Gasteiger partial charge >= 0.3 is 5.97 Å². The molecule has 1 amide bonds. The molecule has 1 atom stereocenters. The number of benzene rings is 1. The fourth-order valence-corrected chi connectivity index (χ4v) is 3.23. The van der Waals surface area contributed by atoms with Gasteiger partial charge in [0.15, 0.2) is 0 Å². The number of aliphatic carboxylic acids is 1. The molecule has 0 fully saturated rings. The van der Waals surface area contributed by atoms with Gasteiger partial charge in [-0.1, -0.05) is 82.9 Å². The van der Waals surface area contributed by atoms with E-state index in [4.69, 9.17) is 0 Å². The number of phenols is 1. The summed E-state index contributed by atoms with van der Waals surface area (Å²) in [5, 5.41) is 21.1. The first kappa shape index (κ1) is 24.7. The Balaban J connectivity index is 2.16. The highest BCUT2D eigenvalue weighted by molar-refractivity contribution is 5.91. The van der Waals surface area contributed by atoms with Gasteiger partial charge in [0.2, 0.25) is 5.91 Å². The molecule has 162 valence electrons. The Hall–Kier alpha value is -2.30. The van der Waals surface area contributed by atoms with Crippen molar-refractivity contribution < 1.29 is 19.8 Å². The molecule has 0 aliphatic heterocycles. The van der Waals surface area contributed by atoms with Crippen LogP contribution < -0.4 is 5.32 Å². The van der Waals surface area contributed by atoms with E-state index >= 15 is 0 Å². The van der Waals surface area contributed by atoms with Crippen molar-refractivity contribution in [1.82, 2.24) is 5.32 Å². The van der Waals surface area contributed by atoms with Crippen LogP contribution in [0.5, 0.6) is 5.75 Å². The number of carboxylic acid groups (broad SMARTS) is 1. The summed E-state index contributed by atoms with van der Waals surface area (Å²) in [6, 6.07) is 5.32. The summed E-state index contributed by atoms with van der Waals surface area (Å²) in [5.41, 5.74) is 0.741. The Kier molecular flexibility index (Phi) is 13.3. The molecule has 0 bridgehead atoms. The van der Waals surface area contributed by atoms with Crippen molar-refractivity contribution in [2.45, 2.75) is 90.0 Å². The SMILES string of the molecule is CCCCCCCCCCCCC=CC(=O)N[C@@H](Cc1ccc(O)cc1)C(=O)O. The van der Waals surface area contributed by atoms with E-state index in [0.717, 1.165) is 18.4 Å². The molecule has 0 aliphatic rings. The zero-order valence-corrected chi connectivity index (χ0v) is 17.7. The highest BCUT2D eigenvalue weighted by Gasteiger charge is 2.19. The maximum Gasteiger partial charge on any atom is 0.326 e. The second-order valence-electron chi connectivity index (χ2n) is 7.64. The first-order valence-corrected chi connectivity index (χ1v) is 11.0. The average Bonchev–Trinajstić information content (AvgIpc) is 2.70. The molecule has 1 rings (SSSR count). The van der Waals surface area contributed by atoms with Gasteiger partial charge in [0.25, 0.3) is 0 Å². The lowest BCUT2D eigenvalue weighted by Gasteiger charge is -2.13. The van der Waals surface area contributed by atoms with E-state index in [2.05, 4.69) is 12.2 Å². The van der Waals surface area contributed by atoms with Gasteiger partial charge in [-0.3, -0.25) is 4.79 Å². The van der Waals surface area contributed by atoms with Crippen LogP contribution in [0.3, 0.4) is 0 Å². The van der Waals surface area contributed by atoms with E-state index < -0.39 is 12.0 Å². The zero-order chi connectivity index (χ0) is 21.3. The van der Waals surface area contributed by atoms with Crippen LogP contribution in [-0.4, -0.2) is 28.1 Å². The summed E-state index contributed by atoms with van der Waals surface area (Å²) >= 11 is 0. The standard InChI is InChI=1S/C24H37NO4/c1-2-3-4-5-6-7-8-9-10-11-12-13-14-23(27)25-22(24(28)29)19-20-15-17-21(26)18-16-20/h13-18,22,26H,2-12,19H2,1H3,(H,25,27)(H,28,29)/t22-/m0/s1. The minimum Gasteiger partial charge on any atom is -0.508 e. The van der Waals surface area contributed by atoms with E-state index in [0.29, 0.717) is 0 Å². The Morgan fingerprint density at radius 1 is 0.931 bits per heavy atom. The fourth-order valence-electron chi connectivity index (χ4n) is 3.23. The normalized spacial score (nSPS) is 12.2. The van der Waals surface area contributed by atoms with Crippen LogP contribution in [0.15, 0.2) is 36.4 Å². The van der Waals surface area contributed by atoms with Gasteiger partial charge in [0, 0.05) is 6.42 Å². The summed E-state index contributed by atoms with van der Waals surface area (Å²) in [6.07, 6.45) is 17.0. The van der Waals surface area contributed by atoms with E-state index in [1.54, 1.807) is 12.1 Å². The molecule has 0 saturated heterocycles. The molecule has 29 heavy (non-hydrogen) atoms. The first-order valence-electron chi connectivity index (χ1n) is 11.0. The number of amides is 1. The first-order chi connectivity index (χ1) is 14.0. The van der Waals surface area contributed by atoms with Crippen LogP contribution in [0, 0.1) is 0 Å². The van der Waals surface area contributed by atoms with Crippen LogP contribution in [0.25, 0.3) is 0 Å². The van der Waals surface area contributed by atoms with Crippen LogP contribution in [0.2, 0.25) is 0 Å². The third-order valence-electron chi connectivity index (χ3n) is 4.98. The summed E-state index contributed by atoms with van der Waals surface area (Å²) in [5.74, 6) is -1.34. The number of carboxylic acids is 1. The van der Waals surface area contributed by atoms with E-state index in [1.165, 1.54) is 76.0 Å². The van der Waals surface area contributed by atoms with Crippen molar-refractivity contribution in [1.29, 1.82) is 0 Å². The number of aromatic hydroxyl groups is 1. The van der Waals surface area contributed by atoms with Crippen molar-refractivity contribution in [3.8, 4) is 5.75 Å². The highest BCUT2D eigenvalue weighted by Crippen LogP contribution is 2.12. The number of hydrogen-bond acceptors (Lipinski definition) is 3. The number of unbranched alkanes of at least 4 members (excludes halogenated alkanes) is 10. The highest BCUT2D eigenvalue weighted by atomic mass is 16.4. The quantitative estimate of drug-likeness (QED) is 0.256. The summed E-state index contributed by atoms with van der Waals surface area (Å²) in [4.78, 5) is 23.4. The molecular weight excluding hydrogens is 366 g/mol. The molecular formula is C24H37NO4. The monoisotopic (exact) mass is 403 g/mol. The smallest absolute Gasteiger partial charge is 0.326 e. The number of hydrogen-bond donors (Lipinski definition) is 3. The van der Waals surface area contributed by atoms with Crippen molar-refractivity contribution in [2.75, 3.05) is 0 Å². The lowest BCUT2D eigenvalue weighted by molar-refractivity contribution is -0.141. The van der Waals surface area contributed by atoms with Gasteiger partial charge in [0.1, 0.15) is 11.8 Å². The molecule has 0 spiro atoms. The Morgan fingerprint density at radius 3 is 2.03 bits per heavy atom. The lowest BCUT2D eigenvalue weighted by Crippen LogP contribution is -2.41. The van der Waals surface area contributed by atoms with Gasteiger partial charge in [-0.2, -0.15) is 0 Å². The Morgan fingerprint density at radius 2 is 1.48 bits per heavy atom. The molecule has 0 saturated carbocycles. The minimum atomic E-state index is -1.07. The molecule has 5 nitrogen and oxygen atoms in total. The third-order valence-corrected chi connectivity index (χ3v) is 4.98. The van der Waals surface area contributed by atoms with Crippen molar-refractivity contribution in [3.63, 3.8) is 0 Å². The number of allylic oxidation sites excluding steroid dienone is 1. The zero-order valence-electron chi connectivity index (χ0n) is 17.7. The van der Waals surface area contributed by atoms with Crippen LogP contribution >= 0.6 is 0 Å². The molecule has 0 unspecified atom stereocenters. The molecule has 0 heterocycles. The van der Waals surface area contributed by atoms with Crippen LogP contribution in [0.1, 0.15) is 83.1 Å². The van der Waals surface area contributed by atoms with Gasteiger partial charge in [-0.05, 0) is 36.6 Å². The second-order valence-corrected chi connectivity index (χ2v) is 7.64. The van der Waals surface area contributed by atoms with Crippen molar-refractivity contribution >= 4 is 11.9 Å². The third kappa shape index (κ3) is 12.7. The van der Waals surface area contributed by atoms with Crippen LogP contribution in [0.4, 0.5) is 0 Å². The van der Waals surface area contributed by atoms with Gasteiger partial charge in [-0.15, -0.1) is 0 Å². The number of rotatable bonds is 16. The predicted octanol–water partition coefficient (Wildman–Crippen LogP) is 5.37. The Bertz CT molecular complexity index is 610. The fraction of sp³-hybridized carbons (Fsp3) is 0.583. The maximum atomic E-state index is 12.0. The summed E-state index contributed by atoms with van der Waals surface area (Å²) in [6.45, 7) is 2.24. The maximum absolute atomic E-state index is 12.0. The summed E-state index contributed by atoms with van der Waals surface area (Å²) in [7, 11) is 0. The molecule has 0 aliphatic carbocycles. The number of carbonyl (C=O) groups excluding carboxylic acids is 1. The lowest BCUT2D eigenvalue weighted by atomic mass is 10.1. The van der Waals surface area contributed by atoms with Crippen molar-refractivity contribution in [3.05, 3.63) is 42.0 Å². The van der Waals surface area contributed by atoms with E-state index in [-0.39, 0.29) is 18.1 Å². The molecule has 3 N–H and O–H groups in total. The number of nitrogens with one attached hydrogen (secondary N) is 1. The largest absolute Gasteiger partial charge is 0.508 e. The topological polar surface area (TPSA) is 86.6 Å². The minimum absolute atomic E-state index is 0.125. The number of phenolic OH excluding ortho intramolecular Hbond substituents is 1. The van der Waals surface area contributed by atoms with Gasteiger partial charge in [0.05, 0.1) is 0 Å². The van der Waals surface area contributed by atoms with Gasteiger partial charge < -0.3 is 15.5 Å². The molecule has 1 aromatic carbocycles. The average molecular weight is 404 g/mol. The molecule has 0 radical (unpaired) electrons. The van der Waals surface area contributed by atoms with Crippen LogP contribution in [-0.2, 0) is 16.0 Å². The van der Waals surface area contributed by atoms with E-state index in [9.17, 15) is 19.8 Å².